The van der Waals surface area contributed by atoms with Crippen LogP contribution >= 0.6 is 0 Å². The van der Waals surface area contributed by atoms with Gasteiger partial charge in [-0.1, -0.05) is 6.58 Å². The second kappa shape index (κ2) is 8.40. The van der Waals surface area contributed by atoms with Crippen LogP contribution in [-0.2, 0) is 14.3 Å². The molecule has 0 spiro atoms. The van der Waals surface area contributed by atoms with Crippen LogP contribution in [0.2, 0.25) is 0 Å². The number of carbonyl (C=O) groups excluding carboxylic acids is 1. The average Bonchev–Trinajstić information content (AvgIpc) is 2.49. The lowest BCUT2D eigenvalue weighted by atomic mass is 9.98. The Labute approximate surface area is 130 Å². The highest BCUT2D eigenvalue weighted by molar-refractivity contribution is 6.07. The molecule has 0 radical (unpaired) electrons. The van der Waals surface area contributed by atoms with Gasteiger partial charge in [-0.15, -0.1) is 0 Å². The molecule has 0 aromatic carbocycles. The lowest BCUT2D eigenvalue weighted by molar-refractivity contribution is -0.235. The molecule has 0 amide bonds. The summed E-state index contributed by atoms with van der Waals surface area (Å²) < 4.78 is 11.2. The van der Waals surface area contributed by atoms with Crippen LogP contribution in [0.4, 0.5) is 0 Å². The lowest BCUT2D eigenvalue weighted by Gasteiger charge is -2.37. The molecule has 126 valence electrons. The number of ether oxygens (including phenoxy) is 2. The maximum Gasteiger partial charge on any atom is 0.189 e. The van der Waals surface area contributed by atoms with Gasteiger partial charge in [0.2, 0.25) is 0 Å². The highest BCUT2D eigenvalue weighted by atomic mass is 16.7. The zero-order valence-corrected chi connectivity index (χ0v) is 12.9. The number of aliphatic hydroxyl groups excluding tert-OH is 3. The Hall–Kier alpha value is -1.25. The second-order valence-electron chi connectivity index (χ2n) is 5.46. The summed E-state index contributed by atoms with van der Waals surface area (Å²) in [5, 5.41) is 27.8. The molecule has 0 aliphatic carbocycles. The fraction of sp³-hybridized carbons (Fsp3) is 0.667. The van der Waals surface area contributed by atoms with Crippen LogP contribution in [0.15, 0.2) is 24.0 Å². The van der Waals surface area contributed by atoms with Gasteiger partial charge in [0.1, 0.15) is 0 Å². The van der Waals surface area contributed by atoms with E-state index >= 15 is 0 Å². The van der Waals surface area contributed by atoms with Gasteiger partial charge >= 0.3 is 0 Å². The van der Waals surface area contributed by atoms with Crippen molar-refractivity contribution in [2.45, 2.75) is 57.3 Å². The van der Waals surface area contributed by atoms with Crippen molar-refractivity contribution in [3.8, 4) is 0 Å². The molecule has 1 fully saturated rings. The third kappa shape index (κ3) is 4.62. The number of Topliss-reactive ketones (excluding diaryl/α,β-unsaturated/α-hetero) is 1. The Kier molecular flexibility index (Phi) is 7.18. The van der Waals surface area contributed by atoms with Crippen molar-refractivity contribution < 1.29 is 29.6 Å². The van der Waals surface area contributed by atoms with Crippen molar-refractivity contribution in [2.24, 2.45) is 5.73 Å². The normalized spacial score (nSPS) is 30.9. The number of hydrogen-bond acceptors (Lipinski definition) is 7. The summed E-state index contributed by atoms with van der Waals surface area (Å²) in [6, 6.07) is -0.494. The minimum absolute atomic E-state index is 0.118. The standard InChI is InChI=1S/C15H25NO6/c1-8(7-18)14(19)9(2)12(4-5-17)22-13-6-11(16)15(20)10(3)21-13/h7,10-13,15,17-18,20H,2,4-6,16H2,1,3H3/t10-,11-,12-,13?,15+/m0/s1. The molecule has 1 unspecified atom stereocenters. The zero-order chi connectivity index (χ0) is 16.9. The quantitative estimate of drug-likeness (QED) is 0.390. The van der Waals surface area contributed by atoms with E-state index in [-0.39, 0.29) is 30.6 Å². The van der Waals surface area contributed by atoms with Crippen LogP contribution in [0, 0.1) is 0 Å². The maximum atomic E-state index is 12.0. The second-order valence-corrected chi connectivity index (χ2v) is 5.46. The van der Waals surface area contributed by atoms with Crippen LogP contribution in [0.3, 0.4) is 0 Å². The van der Waals surface area contributed by atoms with Crippen molar-refractivity contribution >= 4 is 5.78 Å². The third-order valence-electron chi connectivity index (χ3n) is 3.69. The van der Waals surface area contributed by atoms with Crippen LogP contribution in [-0.4, -0.2) is 58.4 Å². The minimum atomic E-state index is -0.777. The molecule has 0 saturated carbocycles. The molecule has 22 heavy (non-hydrogen) atoms. The third-order valence-corrected chi connectivity index (χ3v) is 3.69. The first-order valence-electron chi connectivity index (χ1n) is 7.21. The van der Waals surface area contributed by atoms with Crippen LogP contribution in [0.1, 0.15) is 26.7 Å². The SMILES string of the molecule is C=C(C(=O)C(C)=CO)[C@H](CCO)OC1C[C@H](N)[C@H](O)[C@H](C)O1. The van der Waals surface area contributed by atoms with Gasteiger partial charge in [0, 0.05) is 36.6 Å². The molecule has 0 bridgehead atoms. The van der Waals surface area contributed by atoms with Crippen molar-refractivity contribution in [3.05, 3.63) is 24.0 Å². The van der Waals surface area contributed by atoms with Gasteiger partial charge in [-0.2, -0.15) is 0 Å². The molecule has 5 N–H and O–H groups in total. The van der Waals surface area contributed by atoms with E-state index in [0.29, 0.717) is 6.26 Å². The molecule has 1 aliphatic heterocycles. The Morgan fingerprint density at radius 3 is 2.73 bits per heavy atom. The van der Waals surface area contributed by atoms with E-state index in [9.17, 15) is 9.90 Å². The highest BCUT2D eigenvalue weighted by Crippen LogP contribution is 2.24. The van der Waals surface area contributed by atoms with Crippen LogP contribution < -0.4 is 5.73 Å². The van der Waals surface area contributed by atoms with E-state index in [1.807, 2.05) is 0 Å². The summed E-state index contributed by atoms with van der Waals surface area (Å²) in [5.41, 5.74) is 6.07. The summed E-state index contributed by atoms with van der Waals surface area (Å²) in [6.45, 7) is 6.62. The van der Waals surface area contributed by atoms with E-state index < -0.39 is 36.4 Å². The molecule has 7 heteroatoms. The van der Waals surface area contributed by atoms with Gasteiger partial charge < -0.3 is 30.5 Å². The monoisotopic (exact) mass is 315 g/mol. The summed E-state index contributed by atoms with van der Waals surface area (Å²) >= 11 is 0. The summed E-state index contributed by atoms with van der Waals surface area (Å²) in [4.78, 5) is 12.0. The van der Waals surface area contributed by atoms with Crippen molar-refractivity contribution in [3.63, 3.8) is 0 Å². The van der Waals surface area contributed by atoms with E-state index in [1.54, 1.807) is 6.92 Å². The van der Waals surface area contributed by atoms with E-state index in [1.165, 1.54) is 6.92 Å². The predicted molar refractivity (Wildman–Crippen MR) is 80.0 cm³/mol. The molecule has 5 atom stereocenters. The average molecular weight is 315 g/mol. The maximum absolute atomic E-state index is 12.0. The first-order valence-corrected chi connectivity index (χ1v) is 7.21. The Morgan fingerprint density at radius 2 is 2.23 bits per heavy atom. The number of hydrogen-bond donors (Lipinski definition) is 4. The van der Waals surface area contributed by atoms with Gasteiger partial charge in [-0.25, -0.2) is 0 Å². The van der Waals surface area contributed by atoms with Gasteiger partial charge in [-0.05, 0) is 13.8 Å². The van der Waals surface area contributed by atoms with Crippen molar-refractivity contribution in [2.75, 3.05) is 6.61 Å². The molecule has 1 heterocycles. The van der Waals surface area contributed by atoms with Crippen LogP contribution in [0.25, 0.3) is 0 Å². The van der Waals surface area contributed by atoms with Gasteiger partial charge in [0.15, 0.2) is 12.1 Å². The first-order chi connectivity index (χ1) is 10.3. The number of rotatable bonds is 7. The summed E-state index contributed by atoms with van der Waals surface area (Å²) in [6.07, 6.45) is -1.60. The van der Waals surface area contributed by atoms with E-state index in [0.717, 1.165) is 0 Å². The smallest absolute Gasteiger partial charge is 0.189 e. The van der Waals surface area contributed by atoms with Gasteiger partial charge in [-0.3, -0.25) is 4.79 Å². The number of nitrogens with two attached hydrogens (primary N) is 1. The molecule has 1 aliphatic rings. The Balaban J connectivity index is 2.76. The van der Waals surface area contributed by atoms with Gasteiger partial charge in [0.05, 0.1) is 24.6 Å². The number of aliphatic hydroxyl groups is 3. The van der Waals surface area contributed by atoms with Crippen LogP contribution in [0.5, 0.6) is 0 Å². The number of carbonyl (C=O) groups is 1. The number of allylic oxidation sites excluding steroid dienone is 1. The van der Waals surface area contributed by atoms with E-state index in [4.69, 9.17) is 25.4 Å². The predicted octanol–water partition coefficient (Wildman–Crippen LogP) is 0.164. The molecular formula is C15H25NO6. The molecule has 0 aromatic rings. The molecular weight excluding hydrogens is 290 g/mol. The molecule has 1 rings (SSSR count). The molecule has 7 nitrogen and oxygen atoms in total. The molecule has 0 aromatic heterocycles. The zero-order valence-electron chi connectivity index (χ0n) is 12.9. The van der Waals surface area contributed by atoms with Crippen molar-refractivity contribution in [1.82, 2.24) is 0 Å². The largest absolute Gasteiger partial charge is 0.515 e. The number of ketones is 1. The fourth-order valence-corrected chi connectivity index (χ4v) is 2.26. The fourth-order valence-electron chi connectivity index (χ4n) is 2.26. The first kappa shape index (κ1) is 18.8. The minimum Gasteiger partial charge on any atom is -0.515 e. The molecule has 1 saturated heterocycles. The Bertz CT molecular complexity index is 424. The summed E-state index contributed by atoms with van der Waals surface area (Å²) in [7, 11) is 0. The van der Waals surface area contributed by atoms with Crippen molar-refractivity contribution in [1.29, 1.82) is 0 Å². The lowest BCUT2D eigenvalue weighted by Crippen LogP contribution is -2.52. The highest BCUT2D eigenvalue weighted by Gasteiger charge is 2.35. The Morgan fingerprint density at radius 1 is 1.59 bits per heavy atom. The summed E-state index contributed by atoms with van der Waals surface area (Å²) in [5.74, 6) is -0.450. The van der Waals surface area contributed by atoms with E-state index in [2.05, 4.69) is 6.58 Å². The topological polar surface area (TPSA) is 122 Å². The van der Waals surface area contributed by atoms with Gasteiger partial charge in [0.25, 0.3) is 0 Å².